The summed E-state index contributed by atoms with van der Waals surface area (Å²) in [6, 6.07) is 5.96. The Bertz CT molecular complexity index is 722. The van der Waals surface area contributed by atoms with Crippen LogP contribution in [0, 0.1) is 17.7 Å². The van der Waals surface area contributed by atoms with Crippen LogP contribution in [-0.4, -0.2) is 60.2 Å². The number of nitrogens with one attached hydrogen (secondary N) is 1. The van der Waals surface area contributed by atoms with Gasteiger partial charge in [0.2, 0.25) is 17.7 Å². The van der Waals surface area contributed by atoms with Crippen molar-refractivity contribution >= 4 is 17.7 Å². The van der Waals surface area contributed by atoms with E-state index < -0.39 is 0 Å². The second-order valence-electron chi connectivity index (χ2n) is 7.86. The Hall–Kier alpha value is -2.44. The zero-order valence-electron chi connectivity index (χ0n) is 16.3. The quantitative estimate of drug-likeness (QED) is 0.832. The van der Waals surface area contributed by atoms with E-state index in [2.05, 4.69) is 5.32 Å². The number of piperidine rings is 1. The number of carbonyl (C=O) groups is 3. The Balaban J connectivity index is 1.51. The van der Waals surface area contributed by atoms with Crippen LogP contribution in [0.2, 0.25) is 0 Å². The lowest BCUT2D eigenvalue weighted by Gasteiger charge is -2.34. The van der Waals surface area contributed by atoms with Crippen molar-refractivity contribution in [3.63, 3.8) is 0 Å². The van der Waals surface area contributed by atoms with Crippen LogP contribution in [0.1, 0.15) is 31.7 Å². The normalized spacial score (nSPS) is 22.2. The van der Waals surface area contributed by atoms with Gasteiger partial charge in [0.25, 0.3) is 0 Å². The lowest BCUT2D eigenvalue weighted by Crippen LogP contribution is -2.46. The first-order valence-corrected chi connectivity index (χ1v) is 9.98. The predicted octanol–water partition coefficient (Wildman–Crippen LogP) is 1.59. The van der Waals surface area contributed by atoms with Gasteiger partial charge in [0, 0.05) is 39.6 Å². The van der Waals surface area contributed by atoms with Crippen molar-refractivity contribution < 1.29 is 18.8 Å². The number of likely N-dealkylation sites (tertiary alicyclic amines) is 2. The van der Waals surface area contributed by atoms with E-state index in [1.165, 1.54) is 19.1 Å². The van der Waals surface area contributed by atoms with Crippen molar-refractivity contribution in [1.82, 2.24) is 15.1 Å². The molecular weight excluding hydrogens is 361 g/mol. The van der Waals surface area contributed by atoms with E-state index in [0.29, 0.717) is 38.6 Å². The highest BCUT2D eigenvalue weighted by molar-refractivity contribution is 5.82. The summed E-state index contributed by atoms with van der Waals surface area (Å²) in [5.41, 5.74) is 0.778. The molecule has 0 aromatic heterocycles. The van der Waals surface area contributed by atoms with Gasteiger partial charge in [-0.1, -0.05) is 12.1 Å². The first kappa shape index (κ1) is 20.3. The highest BCUT2D eigenvalue weighted by Gasteiger charge is 2.34. The van der Waals surface area contributed by atoms with Gasteiger partial charge in [0.15, 0.2) is 0 Å². The maximum Gasteiger partial charge on any atom is 0.227 e. The summed E-state index contributed by atoms with van der Waals surface area (Å²) < 4.78 is 13.0. The van der Waals surface area contributed by atoms with Crippen LogP contribution in [0.15, 0.2) is 24.3 Å². The highest BCUT2D eigenvalue weighted by Crippen LogP contribution is 2.24. The Morgan fingerprint density at radius 3 is 2.54 bits per heavy atom. The molecule has 0 bridgehead atoms. The Labute approximate surface area is 165 Å². The van der Waals surface area contributed by atoms with Crippen molar-refractivity contribution in [3.05, 3.63) is 35.6 Å². The summed E-state index contributed by atoms with van der Waals surface area (Å²) >= 11 is 0. The van der Waals surface area contributed by atoms with Crippen molar-refractivity contribution in [2.75, 3.05) is 32.7 Å². The summed E-state index contributed by atoms with van der Waals surface area (Å²) in [4.78, 5) is 40.2. The molecule has 28 heavy (non-hydrogen) atoms. The molecule has 6 nitrogen and oxygen atoms in total. The SMILES string of the molecule is CC(=O)NC[C@H]1CCN(C(=O)[C@@H]2CCCN(C(=O)Cc3ccc(F)cc3)C2)C1. The molecule has 0 aliphatic carbocycles. The Morgan fingerprint density at radius 1 is 1.07 bits per heavy atom. The molecule has 0 unspecified atom stereocenters. The van der Waals surface area contributed by atoms with E-state index in [1.807, 2.05) is 4.90 Å². The molecule has 2 heterocycles. The smallest absolute Gasteiger partial charge is 0.227 e. The lowest BCUT2D eigenvalue weighted by molar-refractivity contribution is -0.140. The molecule has 1 aromatic carbocycles. The summed E-state index contributed by atoms with van der Waals surface area (Å²) in [5, 5.41) is 2.82. The molecular formula is C21H28FN3O3. The van der Waals surface area contributed by atoms with Gasteiger partial charge in [-0.25, -0.2) is 4.39 Å². The molecule has 2 saturated heterocycles. The third kappa shape index (κ3) is 5.30. The zero-order chi connectivity index (χ0) is 20.1. The average molecular weight is 389 g/mol. The topological polar surface area (TPSA) is 69.7 Å². The molecule has 0 radical (unpaired) electrons. The van der Waals surface area contributed by atoms with E-state index in [9.17, 15) is 18.8 Å². The number of amides is 3. The summed E-state index contributed by atoms with van der Waals surface area (Å²) in [7, 11) is 0. The third-order valence-corrected chi connectivity index (χ3v) is 5.63. The molecule has 0 saturated carbocycles. The number of carbonyl (C=O) groups excluding carboxylic acids is 3. The third-order valence-electron chi connectivity index (χ3n) is 5.63. The van der Waals surface area contributed by atoms with Crippen LogP contribution in [0.25, 0.3) is 0 Å². The largest absolute Gasteiger partial charge is 0.356 e. The van der Waals surface area contributed by atoms with Crippen LogP contribution in [0.4, 0.5) is 4.39 Å². The van der Waals surface area contributed by atoms with Gasteiger partial charge in [-0.3, -0.25) is 14.4 Å². The maximum absolute atomic E-state index is 13.0. The Kier molecular flexibility index (Phi) is 6.65. The highest BCUT2D eigenvalue weighted by atomic mass is 19.1. The minimum atomic E-state index is -0.317. The van der Waals surface area contributed by atoms with E-state index in [4.69, 9.17) is 0 Å². The first-order chi connectivity index (χ1) is 13.4. The number of halogens is 1. The second kappa shape index (κ2) is 9.17. The summed E-state index contributed by atoms with van der Waals surface area (Å²) in [6.07, 6.45) is 2.73. The predicted molar refractivity (Wildman–Crippen MR) is 103 cm³/mol. The summed E-state index contributed by atoms with van der Waals surface area (Å²) in [5.74, 6) is -0.133. The molecule has 2 aliphatic rings. The minimum absolute atomic E-state index is 0.0194. The molecule has 3 amide bonds. The van der Waals surface area contributed by atoms with E-state index in [1.54, 1.807) is 17.0 Å². The number of hydrogen-bond acceptors (Lipinski definition) is 3. The van der Waals surface area contributed by atoms with Gasteiger partial charge in [-0.2, -0.15) is 0 Å². The molecule has 3 rings (SSSR count). The van der Waals surface area contributed by atoms with Crippen LogP contribution in [-0.2, 0) is 20.8 Å². The van der Waals surface area contributed by atoms with Gasteiger partial charge in [0.05, 0.1) is 12.3 Å². The molecule has 2 fully saturated rings. The maximum atomic E-state index is 13.0. The van der Waals surface area contributed by atoms with Gasteiger partial charge >= 0.3 is 0 Å². The van der Waals surface area contributed by atoms with Crippen molar-refractivity contribution in [2.24, 2.45) is 11.8 Å². The molecule has 1 aromatic rings. The number of rotatable bonds is 5. The fraction of sp³-hybridized carbons (Fsp3) is 0.571. The average Bonchev–Trinajstić information content (AvgIpc) is 3.16. The van der Waals surface area contributed by atoms with Gasteiger partial charge < -0.3 is 15.1 Å². The molecule has 152 valence electrons. The molecule has 0 spiro atoms. The molecule has 2 atom stereocenters. The fourth-order valence-electron chi connectivity index (χ4n) is 4.04. The number of nitrogens with zero attached hydrogens (tertiary/aromatic N) is 2. The van der Waals surface area contributed by atoms with Crippen molar-refractivity contribution in [2.45, 2.75) is 32.6 Å². The molecule has 7 heteroatoms. The Morgan fingerprint density at radius 2 is 1.82 bits per heavy atom. The minimum Gasteiger partial charge on any atom is -0.356 e. The van der Waals surface area contributed by atoms with Crippen LogP contribution in [0.3, 0.4) is 0 Å². The summed E-state index contributed by atoms with van der Waals surface area (Å²) in [6.45, 7) is 4.59. The van der Waals surface area contributed by atoms with Gasteiger partial charge in [-0.05, 0) is 42.9 Å². The fourth-order valence-corrected chi connectivity index (χ4v) is 4.04. The van der Waals surface area contributed by atoms with Crippen molar-refractivity contribution in [1.29, 1.82) is 0 Å². The number of hydrogen-bond donors (Lipinski definition) is 1. The number of benzene rings is 1. The monoisotopic (exact) mass is 389 g/mol. The standard InChI is InChI=1S/C21H28FN3O3/c1-15(26)23-12-17-8-10-25(13-17)21(28)18-3-2-9-24(14-18)20(27)11-16-4-6-19(22)7-5-16/h4-7,17-18H,2-3,8-14H2,1H3,(H,23,26)/t17-,18-/m1/s1. The lowest BCUT2D eigenvalue weighted by atomic mass is 9.96. The van der Waals surface area contributed by atoms with E-state index in [-0.39, 0.29) is 35.9 Å². The second-order valence-corrected chi connectivity index (χ2v) is 7.86. The van der Waals surface area contributed by atoms with Crippen LogP contribution < -0.4 is 5.32 Å². The molecule has 1 N–H and O–H groups in total. The van der Waals surface area contributed by atoms with Crippen molar-refractivity contribution in [3.8, 4) is 0 Å². The van der Waals surface area contributed by atoms with E-state index in [0.717, 1.165) is 24.8 Å². The zero-order valence-corrected chi connectivity index (χ0v) is 16.3. The van der Waals surface area contributed by atoms with Gasteiger partial charge in [-0.15, -0.1) is 0 Å². The van der Waals surface area contributed by atoms with Crippen LogP contribution in [0.5, 0.6) is 0 Å². The first-order valence-electron chi connectivity index (χ1n) is 9.98. The van der Waals surface area contributed by atoms with Gasteiger partial charge in [0.1, 0.15) is 5.82 Å². The van der Waals surface area contributed by atoms with E-state index >= 15 is 0 Å². The van der Waals surface area contributed by atoms with Crippen LogP contribution >= 0.6 is 0 Å². The molecule has 2 aliphatic heterocycles.